The highest BCUT2D eigenvalue weighted by molar-refractivity contribution is 6.35. The molecular weight excluding hydrogens is 359 g/mol. The molecule has 1 aromatic heterocycles. The molecule has 0 spiro atoms. The van der Waals surface area contributed by atoms with Gasteiger partial charge in [0.1, 0.15) is 11.6 Å². The van der Waals surface area contributed by atoms with Gasteiger partial charge in [-0.1, -0.05) is 23.2 Å². The van der Waals surface area contributed by atoms with E-state index in [9.17, 15) is 0 Å². The average Bonchev–Trinajstić information content (AvgIpc) is 2.58. The van der Waals surface area contributed by atoms with Crippen molar-refractivity contribution in [2.45, 2.75) is 6.92 Å². The molecule has 0 bridgehead atoms. The molecule has 0 aliphatic rings. The van der Waals surface area contributed by atoms with Crippen molar-refractivity contribution >= 4 is 46.3 Å². The highest BCUT2D eigenvalue weighted by Crippen LogP contribution is 2.28. The molecule has 2 N–H and O–H groups in total. The minimum atomic E-state index is 0.431. The van der Waals surface area contributed by atoms with Gasteiger partial charge in [0.05, 0.1) is 17.8 Å². The average molecular weight is 375 g/mol. The number of rotatable bonds is 5. The minimum absolute atomic E-state index is 0.431. The molecule has 7 heteroatoms. The van der Waals surface area contributed by atoms with Crippen molar-refractivity contribution in [3.8, 4) is 5.75 Å². The van der Waals surface area contributed by atoms with Crippen LogP contribution >= 0.6 is 23.2 Å². The lowest BCUT2D eigenvalue weighted by molar-refractivity contribution is 0.415. The summed E-state index contributed by atoms with van der Waals surface area (Å²) < 4.78 is 5.16. The summed E-state index contributed by atoms with van der Waals surface area (Å²) in [5, 5.41) is 7.46. The van der Waals surface area contributed by atoms with Crippen LogP contribution in [0.2, 0.25) is 10.0 Å². The maximum Gasteiger partial charge on any atom is 0.229 e. The third-order valence-electron chi connectivity index (χ3n) is 3.39. The van der Waals surface area contributed by atoms with Crippen LogP contribution < -0.4 is 15.4 Å². The molecule has 0 atom stereocenters. The van der Waals surface area contributed by atoms with Crippen LogP contribution in [0.4, 0.5) is 23.1 Å². The fourth-order valence-corrected chi connectivity index (χ4v) is 2.56. The molecule has 0 saturated heterocycles. The Hall–Kier alpha value is -2.50. The summed E-state index contributed by atoms with van der Waals surface area (Å²) in [7, 11) is 1.63. The van der Waals surface area contributed by atoms with Crippen LogP contribution in [0.5, 0.6) is 5.75 Å². The maximum absolute atomic E-state index is 6.18. The Bertz CT molecular complexity index is 885. The van der Waals surface area contributed by atoms with Gasteiger partial charge >= 0.3 is 0 Å². The number of aryl methyl sites for hydroxylation is 1. The number of aromatic nitrogens is 2. The molecule has 25 heavy (non-hydrogen) atoms. The van der Waals surface area contributed by atoms with Crippen LogP contribution in [0.25, 0.3) is 0 Å². The van der Waals surface area contributed by atoms with Crippen LogP contribution in [0.1, 0.15) is 5.69 Å². The van der Waals surface area contributed by atoms with Gasteiger partial charge in [-0.15, -0.1) is 0 Å². The molecule has 0 amide bonds. The Morgan fingerprint density at radius 3 is 2.40 bits per heavy atom. The molecule has 3 rings (SSSR count). The summed E-state index contributed by atoms with van der Waals surface area (Å²) in [6, 6.07) is 14.6. The van der Waals surface area contributed by atoms with Gasteiger partial charge < -0.3 is 15.4 Å². The second-order valence-electron chi connectivity index (χ2n) is 5.32. The Labute approximate surface area is 156 Å². The molecule has 0 unspecified atom stereocenters. The van der Waals surface area contributed by atoms with Crippen molar-refractivity contribution < 1.29 is 4.74 Å². The van der Waals surface area contributed by atoms with Gasteiger partial charge in [-0.2, -0.15) is 4.98 Å². The molecular formula is C18H16Cl2N4O. The van der Waals surface area contributed by atoms with Gasteiger partial charge in [-0.3, -0.25) is 0 Å². The third kappa shape index (κ3) is 4.53. The van der Waals surface area contributed by atoms with Gasteiger partial charge in [0.2, 0.25) is 5.95 Å². The number of hydrogen-bond donors (Lipinski definition) is 2. The van der Waals surface area contributed by atoms with E-state index in [2.05, 4.69) is 20.6 Å². The number of nitrogens with zero attached hydrogens (tertiary/aromatic N) is 2. The topological polar surface area (TPSA) is 59.1 Å². The number of hydrogen-bond acceptors (Lipinski definition) is 5. The lowest BCUT2D eigenvalue weighted by Gasteiger charge is -2.11. The molecule has 0 fully saturated rings. The van der Waals surface area contributed by atoms with Gasteiger partial charge in [0.25, 0.3) is 0 Å². The van der Waals surface area contributed by atoms with Crippen LogP contribution in [0, 0.1) is 6.92 Å². The quantitative estimate of drug-likeness (QED) is 0.609. The largest absolute Gasteiger partial charge is 0.497 e. The number of methoxy groups -OCH3 is 1. The zero-order valence-electron chi connectivity index (χ0n) is 13.7. The Morgan fingerprint density at radius 1 is 0.920 bits per heavy atom. The first-order valence-corrected chi connectivity index (χ1v) is 8.28. The molecule has 0 aliphatic heterocycles. The third-order valence-corrected chi connectivity index (χ3v) is 3.96. The van der Waals surface area contributed by atoms with Crippen LogP contribution in [-0.4, -0.2) is 17.1 Å². The highest BCUT2D eigenvalue weighted by atomic mass is 35.5. The Kier molecular flexibility index (Phi) is 5.26. The van der Waals surface area contributed by atoms with Crippen molar-refractivity contribution in [3.05, 3.63) is 64.3 Å². The zero-order chi connectivity index (χ0) is 17.8. The Balaban J connectivity index is 1.83. The second-order valence-corrected chi connectivity index (χ2v) is 6.16. The van der Waals surface area contributed by atoms with Gasteiger partial charge in [0.15, 0.2) is 0 Å². The van der Waals surface area contributed by atoms with Crippen LogP contribution in [-0.2, 0) is 0 Å². The van der Waals surface area contributed by atoms with E-state index in [4.69, 9.17) is 27.9 Å². The van der Waals surface area contributed by atoms with E-state index in [1.165, 1.54) is 0 Å². The van der Waals surface area contributed by atoms with E-state index in [0.717, 1.165) is 17.1 Å². The fraction of sp³-hybridized carbons (Fsp3) is 0.111. The first kappa shape index (κ1) is 17.3. The van der Waals surface area contributed by atoms with Crippen molar-refractivity contribution in [2.75, 3.05) is 17.7 Å². The van der Waals surface area contributed by atoms with Crippen molar-refractivity contribution in [1.82, 2.24) is 9.97 Å². The predicted octanol–water partition coefficient (Wildman–Crippen LogP) is 5.59. The predicted molar refractivity (Wildman–Crippen MR) is 103 cm³/mol. The lowest BCUT2D eigenvalue weighted by Crippen LogP contribution is -2.02. The van der Waals surface area contributed by atoms with Crippen LogP contribution in [0.15, 0.2) is 48.5 Å². The normalized spacial score (nSPS) is 10.4. The molecule has 5 nitrogen and oxygen atoms in total. The highest BCUT2D eigenvalue weighted by Gasteiger charge is 2.07. The number of ether oxygens (including phenoxy) is 1. The molecule has 0 radical (unpaired) electrons. The Morgan fingerprint density at radius 2 is 1.68 bits per heavy atom. The summed E-state index contributed by atoms with van der Waals surface area (Å²) in [6.07, 6.45) is 0. The molecule has 2 aromatic carbocycles. The molecule has 3 aromatic rings. The first-order valence-electron chi connectivity index (χ1n) is 7.52. The first-order chi connectivity index (χ1) is 12.0. The number of benzene rings is 2. The zero-order valence-corrected chi connectivity index (χ0v) is 15.2. The van der Waals surface area contributed by atoms with Crippen molar-refractivity contribution in [3.63, 3.8) is 0 Å². The maximum atomic E-state index is 6.18. The number of halogens is 2. The molecule has 128 valence electrons. The monoisotopic (exact) mass is 374 g/mol. The SMILES string of the molecule is COc1ccc(Nc2cc(C)nc(Nc3cc(Cl)ccc3Cl)n2)cc1. The van der Waals surface area contributed by atoms with Crippen molar-refractivity contribution in [2.24, 2.45) is 0 Å². The van der Waals surface area contributed by atoms with E-state index >= 15 is 0 Å². The number of anilines is 4. The van der Waals surface area contributed by atoms with Gasteiger partial charge in [-0.05, 0) is 49.4 Å². The van der Waals surface area contributed by atoms with E-state index in [1.54, 1.807) is 25.3 Å². The van der Waals surface area contributed by atoms with Gasteiger partial charge in [0, 0.05) is 22.5 Å². The second kappa shape index (κ2) is 7.59. The fourth-order valence-electron chi connectivity index (χ4n) is 2.22. The van der Waals surface area contributed by atoms with Crippen molar-refractivity contribution in [1.29, 1.82) is 0 Å². The molecule has 1 heterocycles. The smallest absolute Gasteiger partial charge is 0.229 e. The summed E-state index contributed by atoms with van der Waals surface area (Å²) in [4.78, 5) is 8.86. The van der Waals surface area contributed by atoms with E-state index in [1.807, 2.05) is 37.3 Å². The number of nitrogens with one attached hydrogen (secondary N) is 2. The van der Waals surface area contributed by atoms with Crippen LogP contribution in [0.3, 0.4) is 0 Å². The van der Waals surface area contributed by atoms with E-state index in [0.29, 0.717) is 27.5 Å². The molecule has 0 aliphatic carbocycles. The summed E-state index contributed by atoms with van der Waals surface area (Å²) >= 11 is 12.2. The summed E-state index contributed by atoms with van der Waals surface area (Å²) in [5.74, 6) is 1.89. The van der Waals surface area contributed by atoms with Gasteiger partial charge in [-0.25, -0.2) is 4.98 Å². The van der Waals surface area contributed by atoms with E-state index < -0.39 is 0 Å². The van der Waals surface area contributed by atoms with E-state index in [-0.39, 0.29) is 0 Å². The summed E-state index contributed by atoms with van der Waals surface area (Å²) in [6.45, 7) is 1.89. The summed E-state index contributed by atoms with van der Waals surface area (Å²) in [5.41, 5.74) is 2.35. The standard InChI is InChI=1S/C18H16Cl2N4O/c1-11-9-17(22-13-4-6-14(25-2)7-5-13)24-18(21-11)23-16-10-12(19)3-8-15(16)20/h3-10H,1-2H3,(H2,21,22,23,24). The minimum Gasteiger partial charge on any atom is -0.497 e. The lowest BCUT2D eigenvalue weighted by atomic mass is 10.3. The molecule has 0 saturated carbocycles.